The summed E-state index contributed by atoms with van der Waals surface area (Å²) in [5.41, 5.74) is 1.05. The number of likely N-dealkylation sites (tertiary alicyclic amines) is 1. The van der Waals surface area contributed by atoms with Gasteiger partial charge < -0.3 is 9.64 Å². The highest BCUT2D eigenvalue weighted by molar-refractivity contribution is 7.89. The minimum Gasteiger partial charge on any atom is -0.381 e. The average Bonchev–Trinajstić information content (AvgIpc) is 3.00. The van der Waals surface area contributed by atoms with Crippen LogP contribution in [0.5, 0.6) is 0 Å². The van der Waals surface area contributed by atoms with E-state index in [4.69, 9.17) is 4.74 Å². The van der Waals surface area contributed by atoms with Crippen molar-refractivity contribution in [3.05, 3.63) is 29.8 Å². The van der Waals surface area contributed by atoms with Gasteiger partial charge in [-0.15, -0.1) is 0 Å². The molecule has 0 N–H and O–H groups in total. The SMILES string of the molecule is CN(C)S(=O)(=O)c1ccc(CN2C[C@]3(CCOC3)CCC2=O)cc1. The summed E-state index contributed by atoms with van der Waals surface area (Å²) in [7, 11) is -0.394. The van der Waals surface area contributed by atoms with Crippen molar-refractivity contribution in [2.45, 2.75) is 30.7 Å². The summed E-state index contributed by atoms with van der Waals surface area (Å²) in [5, 5.41) is 0. The van der Waals surface area contributed by atoms with Crippen molar-refractivity contribution in [2.75, 3.05) is 33.9 Å². The van der Waals surface area contributed by atoms with E-state index in [0.717, 1.165) is 38.2 Å². The summed E-state index contributed by atoms with van der Waals surface area (Å²) in [4.78, 5) is 14.4. The van der Waals surface area contributed by atoms with Gasteiger partial charge in [0.2, 0.25) is 15.9 Å². The maximum Gasteiger partial charge on any atom is 0.242 e. The molecule has 7 heteroatoms. The van der Waals surface area contributed by atoms with Crippen LogP contribution >= 0.6 is 0 Å². The van der Waals surface area contributed by atoms with Gasteiger partial charge >= 0.3 is 0 Å². The fraction of sp³-hybridized carbons (Fsp3) is 0.588. The second-order valence-corrected chi connectivity index (χ2v) is 9.14. The third-order valence-corrected chi connectivity index (χ3v) is 6.84. The first kappa shape index (κ1) is 17.4. The van der Waals surface area contributed by atoms with Crippen LogP contribution in [0.1, 0.15) is 24.8 Å². The smallest absolute Gasteiger partial charge is 0.242 e. The number of ether oxygens (including phenoxy) is 1. The number of carbonyl (C=O) groups excluding carboxylic acids is 1. The Morgan fingerprint density at radius 2 is 1.92 bits per heavy atom. The van der Waals surface area contributed by atoms with Gasteiger partial charge in [0.1, 0.15) is 0 Å². The third kappa shape index (κ3) is 3.34. The van der Waals surface area contributed by atoms with Crippen LogP contribution in [0.25, 0.3) is 0 Å². The van der Waals surface area contributed by atoms with E-state index >= 15 is 0 Å². The summed E-state index contributed by atoms with van der Waals surface area (Å²) in [6.07, 6.45) is 2.48. The Morgan fingerprint density at radius 1 is 1.21 bits per heavy atom. The van der Waals surface area contributed by atoms with E-state index in [9.17, 15) is 13.2 Å². The van der Waals surface area contributed by atoms with Gasteiger partial charge in [0, 0.05) is 45.6 Å². The summed E-state index contributed by atoms with van der Waals surface area (Å²) < 4.78 is 30.9. The number of piperidine rings is 1. The van der Waals surface area contributed by atoms with Gasteiger partial charge in [0.25, 0.3) is 0 Å². The fourth-order valence-electron chi connectivity index (χ4n) is 3.42. The molecule has 0 aliphatic carbocycles. The highest BCUT2D eigenvalue weighted by atomic mass is 32.2. The van der Waals surface area contributed by atoms with Gasteiger partial charge in [-0.3, -0.25) is 4.79 Å². The van der Waals surface area contributed by atoms with Crippen LogP contribution in [-0.4, -0.2) is 57.4 Å². The minimum atomic E-state index is -3.42. The molecule has 0 aromatic heterocycles. The molecule has 2 aliphatic heterocycles. The Balaban J connectivity index is 1.72. The molecule has 2 heterocycles. The van der Waals surface area contributed by atoms with Gasteiger partial charge in [0.05, 0.1) is 11.5 Å². The molecule has 24 heavy (non-hydrogen) atoms. The summed E-state index contributed by atoms with van der Waals surface area (Å²) in [5.74, 6) is 0.164. The number of sulfonamides is 1. The fourth-order valence-corrected chi connectivity index (χ4v) is 4.32. The number of benzene rings is 1. The van der Waals surface area contributed by atoms with Crippen molar-refractivity contribution in [3.63, 3.8) is 0 Å². The third-order valence-electron chi connectivity index (χ3n) is 5.01. The molecule has 3 rings (SSSR count). The van der Waals surface area contributed by atoms with Gasteiger partial charge in [-0.25, -0.2) is 12.7 Å². The average molecular weight is 352 g/mol. The van der Waals surface area contributed by atoms with E-state index in [1.807, 2.05) is 4.90 Å². The normalized spacial score (nSPS) is 25.0. The predicted molar refractivity (Wildman–Crippen MR) is 89.8 cm³/mol. The number of nitrogens with zero attached hydrogens (tertiary/aromatic N) is 2. The van der Waals surface area contributed by atoms with Crippen LogP contribution in [0.15, 0.2) is 29.2 Å². The lowest BCUT2D eigenvalue weighted by Gasteiger charge is -2.39. The lowest BCUT2D eigenvalue weighted by atomic mass is 9.79. The van der Waals surface area contributed by atoms with E-state index in [2.05, 4.69) is 0 Å². The van der Waals surface area contributed by atoms with Gasteiger partial charge in [-0.2, -0.15) is 0 Å². The number of amides is 1. The van der Waals surface area contributed by atoms with Crippen molar-refractivity contribution in [2.24, 2.45) is 5.41 Å². The van der Waals surface area contributed by atoms with Crippen molar-refractivity contribution in [3.8, 4) is 0 Å². The summed E-state index contributed by atoms with van der Waals surface area (Å²) in [6.45, 7) is 2.75. The van der Waals surface area contributed by atoms with Crippen molar-refractivity contribution in [1.82, 2.24) is 9.21 Å². The van der Waals surface area contributed by atoms with Crippen LogP contribution in [0.4, 0.5) is 0 Å². The maximum atomic E-state index is 12.2. The highest BCUT2D eigenvalue weighted by Gasteiger charge is 2.41. The van der Waals surface area contributed by atoms with Gasteiger partial charge in [-0.05, 0) is 30.5 Å². The van der Waals surface area contributed by atoms with E-state index in [1.165, 1.54) is 18.4 Å². The monoisotopic (exact) mass is 352 g/mol. The first-order valence-electron chi connectivity index (χ1n) is 8.19. The zero-order valence-corrected chi connectivity index (χ0v) is 15.0. The number of carbonyl (C=O) groups is 1. The molecule has 0 saturated carbocycles. The molecule has 2 saturated heterocycles. The largest absolute Gasteiger partial charge is 0.381 e. The topological polar surface area (TPSA) is 66.9 Å². The zero-order valence-electron chi connectivity index (χ0n) is 14.2. The first-order chi connectivity index (χ1) is 11.3. The lowest BCUT2D eigenvalue weighted by Crippen LogP contribution is -2.46. The number of hydrogen-bond acceptors (Lipinski definition) is 4. The summed E-state index contributed by atoms with van der Waals surface area (Å²) in [6, 6.07) is 6.78. The standard InChI is InChI=1S/C17H24N2O4S/c1-18(2)24(21,22)15-5-3-14(4-6-15)11-19-12-17(8-7-16(19)20)9-10-23-13-17/h3-6H,7-13H2,1-2H3/t17-/m1/s1. The maximum absolute atomic E-state index is 12.2. The molecular weight excluding hydrogens is 328 g/mol. The second-order valence-electron chi connectivity index (χ2n) is 6.98. The van der Waals surface area contributed by atoms with Crippen molar-refractivity contribution in [1.29, 1.82) is 0 Å². The van der Waals surface area contributed by atoms with Crippen LogP contribution in [-0.2, 0) is 26.1 Å². The molecule has 132 valence electrons. The molecule has 2 fully saturated rings. The molecule has 0 unspecified atom stereocenters. The molecule has 1 atom stereocenters. The second kappa shape index (κ2) is 6.46. The highest BCUT2D eigenvalue weighted by Crippen LogP contribution is 2.38. The van der Waals surface area contributed by atoms with Crippen molar-refractivity contribution < 1.29 is 17.9 Å². The Labute approximate surface area is 143 Å². The Hall–Kier alpha value is -1.44. The molecular formula is C17H24N2O4S. The minimum absolute atomic E-state index is 0.113. The first-order valence-corrected chi connectivity index (χ1v) is 9.63. The van der Waals surface area contributed by atoms with Crippen molar-refractivity contribution >= 4 is 15.9 Å². The number of rotatable bonds is 4. The van der Waals surface area contributed by atoms with Crippen LogP contribution in [0.2, 0.25) is 0 Å². The molecule has 0 radical (unpaired) electrons. The summed E-state index contributed by atoms with van der Waals surface area (Å²) >= 11 is 0. The molecule has 0 bridgehead atoms. The molecule has 1 aromatic carbocycles. The molecule has 2 aliphatic rings. The Kier molecular flexibility index (Phi) is 4.68. The van der Waals surface area contributed by atoms with Crippen LogP contribution in [0, 0.1) is 5.41 Å². The van der Waals surface area contributed by atoms with Gasteiger partial charge in [0.15, 0.2) is 0 Å². The van der Waals surface area contributed by atoms with E-state index in [0.29, 0.717) is 13.0 Å². The van der Waals surface area contributed by atoms with E-state index in [1.54, 1.807) is 24.3 Å². The van der Waals surface area contributed by atoms with E-state index < -0.39 is 10.0 Å². The molecule has 1 spiro atoms. The quantitative estimate of drug-likeness (QED) is 0.823. The molecule has 1 aromatic rings. The van der Waals surface area contributed by atoms with Crippen LogP contribution in [0.3, 0.4) is 0 Å². The predicted octanol–water partition coefficient (Wildman–Crippen LogP) is 1.47. The van der Waals surface area contributed by atoms with E-state index in [-0.39, 0.29) is 16.2 Å². The zero-order chi connectivity index (χ0) is 17.4. The van der Waals surface area contributed by atoms with Crippen LogP contribution < -0.4 is 0 Å². The lowest BCUT2D eigenvalue weighted by molar-refractivity contribution is -0.138. The molecule has 1 amide bonds. The Morgan fingerprint density at radius 3 is 2.50 bits per heavy atom. The molecule has 6 nitrogen and oxygen atoms in total. The van der Waals surface area contributed by atoms with Gasteiger partial charge in [-0.1, -0.05) is 12.1 Å². The number of hydrogen-bond donors (Lipinski definition) is 0. The Bertz CT molecular complexity index is 707.